The van der Waals surface area contributed by atoms with Gasteiger partial charge in [0.15, 0.2) is 0 Å². The van der Waals surface area contributed by atoms with Crippen molar-refractivity contribution in [2.24, 2.45) is 5.92 Å². The molecule has 0 aromatic heterocycles. The highest BCUT2D eigenvalue weighted by Crippen LogP contribution is 2.17. The Morgan fingerprint density at radius 2 is 2.10 bits per heavy atom. The van der Waals surface area contributed by atoms with Gasteiger partial charge in [0.25, 0.3) is 0 Å². The van der Waals surface area contributed by atoms with Crippen LogP contribution in [-0.2, 0) is 4.79 Å². The molecule has 0 spiro atoms. The number of carbonyl (C=O) groups excluding carboxylic acids is 1. The largest absolute Gasteiger partial charge is 0.494 e. The number of urea groups is 1. The molecule has 3 N–H and O–H groups in total. The number of amides is 2. The summed E-state index contributed by atoms with van der Waals surface area (Å²) in [7, 11) is 0. The van der Waals surface area contributed by atoms with Crippen LogP contribution in [-0.4, -0.2) is 30.3 Å². The second kappa shape index (κ2) is 8.84. The fourth-order valence-electron chi connectivity index (χ4n) is 1.53. The topological polar surface area (TPSA) is 87.7 Å². The number of hydrogen-bond acceptors (Lipinski definition) is 3. The van der Waals surface area contributed by atoms with E-state index in [1.54, 1.807) is 18.2 Å². The van der Waals surface area contributed by atoms with E-state index in [0.29, 0.717) is 24.0 Å². The summed E-state index contributed by atoms with van der Waals surface area (Å²) in [6.45, 7) is 4.98. The number of rotatable bonds is 8. The van der Waals surface area contributed by atoms with Gasteiger partial charge < -0.3 is 20.5 Å². The number of nitrogens with one attached hydrogen (secondary N) is 2. The number of carboxylic acid groups (broad SMARTS) is 1. The van der Waals surface area contributed by atoms with E-state index >= 15 is 0 Å². The minimum atomic E-state index is -0.948. The normalized spacial score (nSPS) is 10.2. The number of carbonyl (C=O) groups is 2. The summed E-state index contributed by atoms with van der Waals surface area (Å²) in [5, 5.41) is 13.6. The third-order valence-corrected chi connectivity index (χ3v) is 2.68. The molecule has 0 atom stereocenters. The molecule has 6 heteroatoms. The van der Waals surface area contributed by atoms with E-state index in [-0.39, 0.29) is 13.0 Å². The van der Waals surface area contributed by atoms with Crippen LogP contribution in [0.4, 0.5) is 10.5 Å². The van der Waals surface area contributed by atoms with E-state index < -0.39 is 12.0 Å². The molecular weight excluding hydrogens is 272 g/mol. The molecule has 6 nitrogen and oxygen atoms in total. The van der Waals surface area contributed by atoms with E-state index in [0.717, 1.165) is 6.42 Å². The van der Waals surface area contributed by atoms with Gasteiger partial charge in [0, 0.05) is 18.3 Å². The van der Waals surface area contributed by atoms with Gasteiger partial charge in [0.1, 0.15) is 5.75 Å². The number of ether oxygens (including phenoxy) is 1. The Hall–Kier alpha value is -2.24. The third-order valence-electron chi connectivity index (χ3n) is 2.68. The van der Waals surface area contributed by atoms with E-state index in [1.807, 2.05) is 6.07 Å². The molecule has 0 radical (unpaired) electrons. The maximum Gasteiger partial charge on any atom is 0.319 e. The van der Waals surface area contributed by atoms with Crippen molar-refractivity contribution in [1.82, 2.24) is 5.32 Å². The van der Waals surface area contributed by atoms with Crippen LogP contribution in [0.5, 0.6) is 5.75 Å². The summed E-state index contributed by atoms with van der Waals surface area (Å²) >= 11 is 0. The summed E-state index contributed by atoms with van der Waals surface area (Å²) in [6.07, 6.45) is 0.860. The van der Waals surface area contributed by atoms with Crippen LogP contribution in [0.2, 0.25) is 0 Å². The molecule has 0 aliphatic heterocycles. The Bertz CT molecular complexity index is 474. The molecular formula is C15H22N2O4. The summed E-state index contributed by atoms with van der Waals surface area (Å²) in [5.74, 6) is 0.321. The predicted octanol–water partition coefficient (Wildman–Crippen LogP) is 2.71. The molecule has 0 bridgehead atoms. The van der Waals surface area contributed by atoms with Gasteiger partial charge in [-0.25, -0.2) is 4.79 Å². The first-order chi connectivity index (χ1) is 9.97. The molecule has 1 rings (SSSR count). The second-order valence-electron chi connectivity index (χ2n) is 5.08. The molecule has 21 heavy (non-hydrogen) atoms. The fraction of sp³-hybridized carbons (Fsp3) is 0.467. The van der Waals surface area contributed by atoms with Gasteiger partial charge in [0.05, 0.1) is 13.0 Å². The molecule has 1 aromatic rings. The van der Waals surface area contributed by atoms with Crippen molar-refractivity contribution in [3.05, 3.63) is 24.3 Å². The number of carboxylic acids is 1. The average molecular weight is 294 g/mol. The molecule has 0 fully saturated rings. The lowest BCUT2D eigenvalue weighted by Gasteiger charge is -2.10. The van der Waals surface area contributed by atoms with Gasteiger partial charge >= 0.3 is 12.0 Å². The van der Waals surface area contributed by atoms with Crippen molar-refractivity contribution < 1.29 is 19.4 Å². The van der Waals surface area contributed by atoms with Crippen LogP contribution in [0.1, 0.15) is 26.7 Å². The second-order valence-corrected chi connectivity index (χ2v) is 5.08. The Kier molecular flexibility index (Phi) is 7.08. The zero-order valence-corrected chi connectivity index (χ0v) is 12.4. The smallest absolute Gasteiger partial charge is 0.319 e. The Labute approximate surface area is 124 Å². The van der Waals surface area contributed by atoms with E-state index in [2.05, 4.69) is 24.5 Å². The summed E-state index contributed by atoms with van der Waals surface area (Å²) in [5.41, 5.74) is 0.602. The lowest BCUT2D eigenvalue weighted by Crippen LogP contribution is -2.30. The van der Waals surface area contributed by atoms with Crippen LogP contribution in [0.25, 0.3) is 0 Å². The van der Waals surface area contributed by atoms with E-state index in [9.17, 15) is 9.59 Å². The molecule has 0 saturated heterocycles. The first kappa shape index (κ1) is 16.8. The van der Waals surface area contributed by atoms with Crippen molar-refractivity contribution in [1.29, 1.82) is 0 Å². The Balaban J connectivity index is 2.41. The van der Waals surface area contributed by atoms with Crippen molar-refractivity contribution in [2.75, 3.05) is 18.5 Å². The molecule has 1 aromatic carbocycles. The molecule has 0 heterocycles. The van der Waals surface area contributed by atoms with Gasteiger partial charge in [-0.05, 0) is 24.5 Å². The van der Waals surface area contributed by atoms with Gasteiger partial charge in [-0.1, -0.05) is 19.9 Å². The minimum absolute atomic E-state index is 0.0890. The molecule has 116 valence electrons. The highest BCUT2D eigenvalue weighted by Gasteiger charge is 2.04. The molecule has 0 unspecified atom stereocenters. The first-order valence-electron chi connectivity index (χ1n) is 6.97. The molecule has 0 aliphatic rings. The van der Waals surface area contributed by atoms with Crippen molar-refractivity contribution in [3.63, 3.8) is 0 Å². The van der Waals surface area contributed by atoms with Crippen molar-refractivity contribution in [2.45, 2.75) is 26.7 Å². The van der Waals surface area contributed by atoms with Crippen molar-refractivity contribution >= 4 is 17.7 Å². The van der Waals surface area contributed by atoms with Crippen LogP contribution >= 0.6 is 0 Å². The highest BCUT2D eigenvalue weighted by molar-refractivity contribution is 5.89. The molecule has 2 amide bonds. The van der Waals surface area contributed by atoms with Gasteiger partial charge in [0.2, 0.25) is 0 Å². The Morgan fingerprint density at radius 3 is 2.76 bits per heavy atom. The van der Waals surface area contributed by atoms with Gasteiger partial charge in [-0.15, -0.1) is 0 Å². The van der Waals surface area contributed by atoms with Crippen LogP contribution < -0.4 is 15.4 Å². The lowest BCUT2D eigenvalue weighted by molar-refractivity contribution is -0.136. The molecule has 0 aliphatic carbocycles. The highest BCUT2D eigenvalue weighted by atomic mass is 16.5. The number of aliphatic carboxylic acids is 1. The SMILES string of the molecule is CC(C)CCOc1cccc(NC(=O)NCCC(=O)O)c1. The monoisotopic (exact) mass is 294 g/mol. The number of anilines is 1. The van der Waals surface area contributed by atoms with Crippen LogP contribution in [0, 0.1) is 5.92 Å². The van der Waals surface area contributed by atoms with E-state index in [4.69, 9.17) is 9.84 Å². The third kappa shape index (κ3) is 7.81. The predicted molar refractivity (Wildman–Crippen MR) is 80.7 cm³/mol. The minimum Gasteiger partial charge on any atom is -0.494 e. The van der Waals surface area contributed by atoms with E-state index in [1.165, 1.54) is 0 Å². The van der Waals surface area contributed by atoms with Gasteiger partial charge in [-0.2, -0.15) is 0 Å². The van der Waals surface area contributed by atoms with Crippen LogP contribution in [0.15, 0.2) is 24.3 Å². The summed E-state index contributed by atoms with van der Waals surface area (Å²) < 4.78 is 5.60. The molecule has 0 saturated carbocycles. The number of hydrogen-bond donors (Lipinski definition) is 3. The standard InChI is InChI=1S/C15H22N2O4/c1-11(2)7-9-21-13-5-3-4-12(10-13)17-15(20)16-8-6-14(18)19/h3-5,10-11H,6-9H2,1-2H3,(H,18,19)(H2,16,17,20). The van der Waals surface area contributed by atoms with Crippen molar-refractivity contribution in [3.8, 4) is 5.75 Å². The van der Waals surface area contributed by atoms with Crippen LogP contribution in [0.3, 0.4) is 0 Å². The maximum atomic E-state index is 11.6. The first-order valence-corrected chi connectivity index (χ1v) is 6.97. The number of benzene rings is 1. The quantitative estimate of drug-likeness (QED) is 0.688. The Morgan fingerprint density at radius 1 is 1.33 bits per heavy atom. The zero-order valence-electron chi connectivity index (χ0n) is 12.4. The summed E-state index contributed by atoms with van der Waals surface area (Å²) in [6, 6.07) is 6.66. The average Bonchev–Trinajstić information content (AvgIpc) is 2.38. The summed E-state index contributed by atoms with van der Waals surface area (Å²) in [4.78, 5) is 21.9. The lowest BCUT2D eigenvalue weighted by atomic mass is 10.1. The zero-order chi connectivity index (χ0) is 15.7. The van der Waals surface area contributed by atoms with Gasteiger partial charge in [-0.3, -0.25) is 4.79 Å². The maximum absolute atomic E-state index is 11.6. The fourth-order valence-corrected chi connectivity index (χ4v) is 1.53.